The highest BCUT2D eigenvalue weighted by atomic mass is 35.5. The second kappa shape index (κ2) is 7.73. The zero-order chi connectivity index (χ0) is 18.0. The maximum atomic E-state index is 11.9. The third kappa shape index (κ3) is 3.66. The lowest BCUT2D eigenvalue weighted by atomic mass is 9.90. The van der Waals surface area contributed by atoms with Gasteiger partial charge >= 0.3 is 5.97 Å². The summed E-state index contributed by atoms with van der Waals surface area (Å²) in [4.78, 5) is 18.1. The van der Waals surface area contributed by atoms with Crippen LogP contribution < -0.4 is 0 Å². The van der Waals surface area contributed by atoms with Crippen molar-refractivity contribution in [3.63, 3.8) is 0 Å². The number of likely N-dealkylation sites (tertiary alicyclic amines) is 1. The van der Waals surface area contributed by atoms with Crippen LogP contribution in [0, 0.1) is 6.92 Å². The van der Waals surface area contributed by atoms with Gasteiger partial charge in [-0.15, -0.1) is 0 Å². The maximum Gasteiger partial charge on any atom is 0.320 e. The number of piperidine rings is 1. The zero-order valence-electron chi connectivity index (χ0n) is 14.0. The van der Waals surface area contributed by atoms with E-state index in [1.807, 2.05) is 30.0 Å². The van der Waals surface area contributed by atoms with Gasteiger partial charge < -0.3 is 5.11 Å². The minimum absolute atomic E-state index is 0.268. The minimum atomic E-state index is -0.797. The summed E-state index contributed by atoms with van der Waals surface area (Å²) in [6.07, 6.45) is 6.03. The highest BCUT2D eigenvalue weighted by molar-refractivity contribution is 6.42. The Kier molecular flexibility index (Phi) is 5.62. The van der Waals surface area contributed by atoms with Crippen LogP contribution in [0.15, 0.2) is 36.7 Å². The van der Waals surface area contributed by atoms with Crippen molar-refractivity contribution in [1.29, 1.82) is 0 Å². The third-order valence-corrected chi connectivity index (χ3v) is 5.63. The van der Waals surface area contributed by atoms with Gasteiger partial charge in [0.15, 0.2) is 0 Å². The van der Waals surface area contributed by atoms with E-state index in [2.05, 4.69) is 4.98 Å². The molecule has 0 bridgehead atoms. The van der Waals surface area contributed by atoms with Gasteiger partial charge in [-0.3, -0.25) is 14.7 Å². The number of rotatable bonds is 4. The van der Waals surface area contributed by atoms with Crippen molar-refractivity contribution >= 4 is 29.2 Å². The normalized spacial score (nSPS) is 19.6. The van der Waals surface area contributed by atoms with Crippen LogP contribution in [0.25, 0.3) is 0 Å². The molecule has 2 heterocycles. The number of nitrogens with zero attached hydrogens (tertiary/aromatic N) is 2. The van der Waals surface area contributed by atoms with Crippen LogP contribution in [-0.2, 0) is 4.79 Å². The van der Waals surface area contributed by atoms with E-state index in [0.29, 0.717) is 23.0 Å². The summed E-state index contributed by atoms with van der Waals surface area (Å²) in [5.74, 6) is -0.797. The predicted octanol–water partition coefficient (Wildman–Crippen LogP) is 4.73. The van der Waals surface area contributed by atoms with Gasteiger partial charge in [0.25, 0.3) is 0 Å². The Hall–Kier alpha value is -1.62. The molecule has 25 heavy (non-hydrogen) atoms. The molecule has 2 atom stereocenters. The van der Waals surface area contributed by atoms with Gasteiger partial charge in [0, 0.05) is 12.4 Å². The Labute approximate surface area is 157 Å². The van der Waals surface area contributed by atoms with Crippen LogP contribution >= 0.6 is 23.2 Å². The molecule has 1 fully saturated rings. The molecule has 1 aromatic carbocycles. The molecule has 132 valence electrons. The number of benzene rings is 1. The van der Waals surface area contributed by atoms with Gasteiger partial charge in [0.1, 0.15) is 6.04 Å². The Morgan fingerprint density at radius 2 is 2.08 bits per heavy atom. The number of pyridine rings is 1. The second-order valence-electron chi connectivity index (χ2n) is 6.37. The molecule has 1 aromatic heterocycles. The molecule has 2 aromatic rings. The first-order chi connectivity index (χ1) is 12.0. The Morgan fingerprint density at radius 1 is 1.28 bits per heavy atom. The van der Waals surface area contributed by atoms with E-state index in [1.165, 1.54) is 0 Å². The maximum absolute atomic E-state index is 11.9. The molecule has 0 spiro atoms. The average Bonchev–Trinajstić information content (AvgIpc) is 2.60. The van der Waals surface area contributed by atoms with E-state index in [0.717, 1.165) is 29.5 Å². The van der Waals surface area contributed by atoms with Gasteiger partial charge in [-0.25, -0.2) is 0 Å². The molecule has 0 amide bonds. The predicted molar refractivity (Wildman–Crippen MR) is 99.3 cm³/mol. The van der Waals surface area contributed by atoms with E-state index in [1.54, 1.807) is 18.5 Å². The van der Waals surface area contributed by atoms with Gasteiger partial charge in [0.2, 0.25) is 0 Å². The summed E-state index contributed by atoms with van der Waals surface area (Å²) in [7, 11) is 0. The number of hydrogen-bond acceptors (Lipinski definition) is 3. The molecule has 1 aliphatic heterocycles. The second-order valence-corrected chi connectivity index (χ2v) is 7.15. The molecule has 1 N–H and O–H groups in total. The number of carboxylic acid groups (broad SMARTS) is 1. The molecule has 6 heteroatoms. The molecule has 0 radical (unpaired) electrons. The van der Waals surface area contributed by atoms with Crippen molar-refractivity contribution in [3.8, 4) is 0 Å². The van der Waals surface area contributed by atoms with Crippen LogP contribution in [0.5, 0.6) is 0 Å². The van der Waals surface area contributed by atoms with E-state index < -0.39 is 12.0 Å². The highest BCUT2D eigenvalue weighted by Gasteiger charge is 2.36. The number of carbonyl (C=O) groups is 1. The summed E-state index contributed by atoms with van der Waals surface area (Å²) in [6, 6.07) is 6.65. The van der Waals surface area contributed by atoms with Crippen LogP contribution in [0.1, 0.15) is 42.0 Å². The molecular weight excluding hydrogens is 359 g/mol. The van der Waals surface area contributed by atoms with Gasteiger partial charge in [-0.2, -0.15) is 0 Å². The molecule has 1 aliphatic rings. The van der Waals surface area contributed by atoms with Crippen LogP contribution in [0.2, 0.25) is 10.0 Å². The van der Waals surface area contributed by atoms with Crippen LogP contribution in [0.3, 0.4) is 0 Å². The number of halogens is 2. The highest BCUT2D eigenvalue weighted by Crippen LogP contribution is 2.40. The Balaban J connectivity index is 2.17. The quantitative estimate of drug-likeness (QED) is 0.835. The molecular formula is C19H20Cl2N2O2. The Bertz CT molecular complexity index is 782. The lowest BCUT2D eigenvalue weighted by Gasteiger charge is -2.40. The largest absolute Gasteiger partial charge is 0.480 e. The number of carboxylic acids is 1. The van der Waals surface area contributed by atoms with Crippen LogP contribution in [0.4, 0.5) is 0 Å². The van der Waals surface area contributed by atoms with Crippen molar-refractivity contribution < 1.29 is 9.90 Å². The monoisotopic (exact) mass is 378 g/mol. The smallest absolute Gasteiger partial charge is 0.320 e. The minimum Gasteiger partial charge on any atom is -0.480 e. The van der Waals surface area contributed by atoms with Crippen molar-refractivity contribution in [2.75, 3.05) is 6.54 Å². The van der Waals surface area contributed by atoms with E-state index in [-0.39, 0.29) is 6.04 Å². The first-order valence-electron chi connectivity index (χ1n) is 8.33. The topological polar surface area (TPSA) is 53.4 Å². The summed E-state index contributed by atoms with van der Waals surface area (Å²) in [5.41, 5.74) is 2.84. The van der Waals surface area contributed by atoms with Crippen LogP contribution in [-0.4, -0.2) is 33.5 Å². The van der Waals surface area contributed by atoms with E-state index in [9.17, 15) is 9.90 Å². The summed E-state index contributed by atoms with van der Waals surface area (Å²) >= 11 is 12.8. The molecule has 1 saturated heterocycles. The van der Waals surface area contributed by atoms with Crippen molar-refractivity contribution in [1.82, 2.24) is 9.88 Å². The number of aliphatic carboxylic acids is 1. The average molecular weight is 379 g/mol. The lowest BCUT2D eigenvalue weighted by Crippen LogP contribution is -2.47. The fourth-order valence-electron chi connectivity index (χ4n) is 3.58. The number of hydrogen-bond donors (Lipinski definition) is 1. The number of aromatic nitrogens is 1. The molecule has 0 aliphatic carbocycles. The fraction of sp³-hybridized carbons (Fsp3) is 0.368. The van der Waals surface area contributed by atoms with Crippen molar-refractivity contribution in [2.24, 2.45) is 0 Å². The van der Waals surface area contributed by atoms with E-state index in [4.69, 9.17) is 23.2 Å². The molecule has 2 unspecified atom stereocenters. The SMILES string of the molecule is Cc1cnccc1C(c1cccc(Cl)c1Cl)N1CCCCC1C(=O)O. The third-order valence-electron chi connectivity index (χ3n) is 4.80. The zero-order valence-corrected chi connectivity index (χ0v) is 15.5. The van der Waals surface area contributed by atoms with Gasteiger partial charge in [0.05, 0.1) is 16.1 Å². The summed E-state index contributed by atoms with van der Waals surface area (Å²) < 4.78 is 0. The lowest BCUT2D eigenvalue weighted by molar-refractivity contribution is -0.145. The molecule has 4 nitrogen and oxygen atoms in total. The van der Waals surface area contributed by atoms with Crippen molar-refractivity contribution in [2.45, 2.75) is 38.3 Å². The molecule has 3 rings (SSSR count). The van der Waals surface area contributed by atoms with Gasteiger partial charge in [-0.1, -0.05) is 41.8 Å². The first kappa shape index (κ1) is 18.2. The standard InChI is InChI=1S/C19H20Cl2N2O2/c1-12-11-22-9-8-13(12)18(14-5-4-6-15(20)17(14)21)23-10-3-2-7-16(23)19(24)25/h4-6,8-9,11,16,18H,2-3,7,10H2,1H3,(H,24,25). The first-order valence-corrected chi connectivity index (χ1v) is 9.09. The van der Waals surface area contributed by atoms with E-state index >= 15 is 0 Å². The molecule has 0 saturated carbocycles. The Morgan fingerprint density at radius 3 is 2.80 bits per heavy atom. The number of aryl methyl sites for hydroxylation is 1. The summed E-state index contributed by atoms with van der Waals surface area (Å²) in [5, 5.41) is 10.7. The van der Waals surface area contributed by atoms with Gasteiger partial charge in [-0.05, 0) is 55.1 Å². The summed E-state index contributed by atoms with van der Waals surface area (Å²) in [6.45, 7) is 2.68. The fourth-order valence-corrected chi connectivity index (χ4v) is 3.99. The van der Waals surface area contributed by atoms with Crippen molar-refractivity contribution in [3.05, 3.63) is 63.4 Å².